The Morgan fingerprint density at radius 1 is 1.40 bits per heavy atom. The third-order valence-corrected chi connectivity index (χ3v) is 3.66. The maximum Gasteiger partial charge on any atom is 0.271 e. The lowest BCUT2D eigenvalue weighted by Crippen LogP contribution is -2.45. The second-order valence-corrected chi connectivity index (χ2v) is 5.27. The molecule has 2 heterocycles. The van der Waals surface area contributed by atoms with Crippen LogP contribution in [0.3, 0.4) is 0 Å². The fraction of sp³-hybridized carbons (Fsp3) is 0.643. The highest BCUT2D eigenvalue weighted by Gasteiger charge is 2.21. The van der Waals surface area contributed by atoms with Gasteiger partial charge in [0.2, 0.25) is 0 Å². The molecule has 110 valence electrons. The molecule has 1 saturated heterocycles. The molecular weight excluding hydrogens is 256 g/mol. The van der Waals surface area contributed by atoms with Gasteiger partial charge in [-0.1, -0.05) is 6.92 Å². The SMILES string of the molecule is CCCN1CCC(NC(=O)c2ccc(=O)n(C)n2)CC1. The van der Waals surface area contributed by atoms with Crippen molar-refractivity contribution in [1.82, 2.24) is 20.0 Å². The van der Waals surface area contributed by atoms with Gasteiger partial charge in [0, 0.05) is 32.2 Å². The molecule has 1 aromatic rings. The highest BCUT2D eigenvalue weighted by atomic mass is 16.2. The van der Waals surface area contributed by atoms with Gasteiger partial charge in [-0.25, -0.2) is 4.68 Å². The van der Waals surface area contributed by atoms with Crippen LogP contribution in [-0.2, 0) is 7.05 Å². The molecule has 6 heteroatoms. The van der Waals surface area contributed by atoms with Crippen molar-refractivity contribution in [2.24, 2.45) is 7.05 Å². The zero-order valence-electron chi connectivity index (χ0n) is 12.1. The van der Waals surface area contributed by atoms with Crippen LogP contribution in [0.2, 0.25) is 0 Å². The fourth-order valence-electron chi connectivity index (χ4n) is 2.50. The molecule has 0 radical (unpaired) electrons. The largest absolute Gasteiger partial charge is 0.348 e. The van der Waals surface area contributed by atoms with E-state index in [1.54, 1.807) is 7.05 Å². The zero-order chi connectivity index (χ0) is 14.5. The summed E-state index contributed by atoms with van der Waals surface area (Å²) in [5.41, 5.74) is 0.0810. The van der Waals surface area contributed by atoms with Crippen molar-refractivity contribution >= 4 is 5.91 Å². The smallest absolute Gasteiger partial charge is 0.271 e. The molecule has 0 aromatic carbocycles. The van der Waals surface area contributed by atoms with Gasteiger partial charge in [-0.3, -0.25) is 9.59 Å². The molecule has 1 aliphatic heterocycles. The summed E-state index contributed by atoms with van der Waals surface area (Å²) in [6.07, 6.45) is 3.11. The monoisotopic (exact) mass is 278 g/mol. The Morgan fingerprint density at radius 3 is 2.70 bits per heavy atom. The van der Waals surface area contributed by atoms with Gasteiger partial charge in [-0.15, -0.1) is 0 Å². The van der Waals surface area contributed by atoms with Crippen molar-refractivity contribution < 1.29 is 4.79 Å². The number of amides is 1. The summed E-state index contributed by atoms with van der Waals surface area (Å²) in [4.78, 5) is 25.7. The number of piperidine rings is 1. The van der Waals surface area contributed by atoms with E-state index >= 15 is 0 Å². The Labute approximate surface area is 118 Å². The van der Waals surface area contributed by atoms with Crippen LogP contribution < -0.4 is 10.9 Å². The van der Waals surface area contributed by atoms with Crippen LogP contribution in [-0.4, -0.2) is 46.3 Å². The summed E-state index contributed by atoms with van der Waals surface area (Å²) < 4.78 is 1.18. The first-order valence-corrected chi connectivity index (χ1v) is 7.17. The van der Waals surface area contributed by atoms with Crippen molar-refractivity contribution in [1.29, 1.82) is 0 Å². The highest BCUT2D eigenvalue weighted by Crippen LogP contribution is 2.11. The number of likely N-dealkylation sites (tertiary alicyclic amines) is 1. The average Bonchev–Trinajstić information content (AvgIpc) is 2.44. The third-order valence-electron chi connectivity index (χ3n) is 3.66. The van der Waals surface area contributed by atoms with E-state index in [-0.39, 0.29) is 17.5 Å². The fourth-order valence-corrected chi connectivity index (χ4v) is 2.50. The lowest BCUT2D eigenvalue weighted by atomic mass is 10.0. The highest BCUT2D eigenvalue weighted by molar-refractivity contribution is 5.92. The molecule has 0 bridgehead atoms. The van der Waals surface area contributed by atoms with Crippen LogP contribution in [0.4, 0.5) is 0 Å². The maximum absolute atomic E-state index is 12.1. The van der Waals surface area contributed by atoms with E-state index in [1.807, 2.05) is 0 Å². The Balaban J connectivity index is 1.89. The molecule has 20 heavy (non-hydrogen) atoms. The lowest BCUT2D eigenvalue weighted by molar-refractivity contribution is 0.0904. The summed E-state index contributed by atoms with van der Waals surface area (Å²) in [7, 11) is 1.54. The Kier molecular flexibility index (Phi) is 4.89. The minimum absolute atomic E-state index is 0.199. The van der Waals surface area contributed by atoms with Crippen molar-refractivity contribution in [2.75, 3.05) is 19.6 Å². The predicted octanol–water partition coefficient (Wildman–Crippen LogP) is 0.385. The minimum atomic E-state index is -0.213. The van der Waals surface area contributed by atoms with Gasteiger partial charge in [0.05, 0.1) is 0 Å². The Bertz CT molecular complexity index is 518. The zero-order valence-corrected chi connectivity index (χ0v) is 12.1. The molecule has 1 fully saturated rings. The van der Waals surface area contributed by atoms with Crippen molar-refractivity contribution in [3.05, 3.63) is 28.2 Å². The summed E-state index contributed by atoms with van der Waals surface area (Å²) >= 11 is 0. The van der Waals surface area contributed by atoms with Crippen molar-refractivity contribution in [3.63, 3.8) is 0 Å². The quantitative estimate of drug-likeness (QED) is 0.865. The molecule has 6 nitrogen and oxygen atoms in total. The molecule has 1 amide bonds. The van der Waals surface area contributed by atoms with E-state index in [0.29, 0.717) is 5.69 Å². The lowest BCUT2D eigenvalue weighted by Gasteiger charge is -2.31. The molecular formula is C14H22N4O2. The summed E-state index contributed by atoms with van der Waals surface area (Å²) in [6.45, 7) is 5.36. The van der Waals surface area contributed by atoms with E-state index in [2.05, 4.69) is 22.2 Å². The maximum atomic E-state index is 12.1. The Hall–Kier alpha value is -1.69. The van der Waals surface area contributed by atoms with E-state index < -0.39 is 0 Å². The van der Waals surface area contributed by atoms with Crippen molar-refractivity contribution in [2.45, 2.75) is 32.2 Å². The van der Waals surface area contributed by atoms with Crippen LogP contribution >= 0.6 is 0 Å². The van der Waals surface area contributed by atoms with Gasteiger partial charge in [0.1, 0.15) is 5.69 Å². The molecule has 0 unspecified atom stereocenters. The molecule has 2 rings (SSSR count). The molecule has 0 atom stereocenters. The first-order valence-electron chi connectivity index (χ1n) is 7.17. The number of hydrogen-bond donors (Lipinski definition) is 1. The van der Waals surface area contributed by atoms with E-state index in [9.17, 15) is 9.59 Å². The molecule has 1 aromatic heterocycles. The van der Waals surface area contributed by atoms with Crippen LogP contribution in [0.15, 0.2) is 16.9 Å². The standard InChI is InChI=1S/C14H22N4O2/c1-3-8-18-9-6-11(7-10-18)15-14(20)12-4-5-13(19)17(2)16-12/h4-5,11H,3,6-10H2,1-2H3,(H,15,20). The van der Waals surface area contributed by atoms with Gasteiger partial charge in [-0.05, 0) is 31.9 Å². The van der Waals surface area contributed by atoms with Gasteiger partial charge < -0.3 is 10.2 Å². The first kappa shape index (κ1) is 14.7. The summed E-state index contributed by atoms with van der Waals surface area (Å²) in [6, 6.07) is 3.05. The van der Waals surface area contributed by atoms with Gasteiger partial charge in [0.25, 0.3) is 11.5 Å². The number of rotatable bonds is 4. The van der Waals surface area contributed by atoms with E-state index in [1.165, 1.54) is 23.2 Å². The summed E-state index contributed by atoms with van der Waals surface area (Å²) in [5.74, 6) is -0.199. The number of nitrogens with one attached hydrogen (secondary N) is 1. The van der Waals surface area contributed by atoms with Gasteiger partial charge in [0.15, 0.2) is 0 Å². The molecule has 1 N–H and O–H groups in total. The number of hydrogen-bond acceptors (Lipinski definition) is 4. The number of aryl methyl sites for hydroxylation is 1. The van der Waals surface area contributed by atoms with E-state index in [4.69, 9.17) is 0 Å². The molecule has 0 spiro atoms. The van der Waals surface area contributed by atoms with E-state index in [0.717, 1.165) is 32.5 Å². The summed E-state index contributed by atoms with van der Waals surface area (Å²) in [5, 5.41) is 6.97. The molecule has 0 aliphatic carbocycles. The number of nitrogens with zero attached hydrogens (tertiary/aromatic N) is 3. The molecule has 1 aliphatic rings. The Morgan fingerprint density at radius 2 is 2.10 bits per heavy atom. The van der Waals surface area contributed by atoms with Gasteiger partial charge >= 0.3 is 0 Å². The molecule has 0 saturated carbocycles. The predicted molar refractivity (Wildman–Crippen MR) is 76.7 cm³/mol. The van der Waals surface area contributed by atoms with Crippen LogP contribution in [0.5, 0.6) is 0 Å². The average molecular weight is 278 g/mol. The topological polar surface area (TPSA) is 67.2 Å². The second kappa shape index (κ2) is 6.65. The minimum Gasteiger partial charge on any atom is -0.348 e. The third kappa shape index (κ3) is 3.66. The number of carbonyl (C=O) groups is 1. The van der Waals surface area contributed by atoms with Crippen LogP contribution in [0.25, 0.3) is 0 Å². The van der Waals surface area contributed by atoms with Crippen LogP contribution in [0.1, 0.15) is 36.7 Å². The normalized spacial score (nSPS) is 17.1. The second-order valence-electron chi connectivity index (χ2n) is 5.27. The van der Waals surface area contributed by atoms with Gasteiger partial charge in [-0.2, -0.15) is 5.10 Å². The van der Waals surface area contributed by atoms with Crippen LogP contribution in [0, 0.1) is 0 Å². The number of carbonyl (C=O) groups excluding carboxylic acids is 1. The first-order chi connectivity index (χ1) is 9.60. The van der Waals surface area contributed by atoms with Crippen molar-refractivity contribution in [3.8, 4) is 0 Å². The number of aromatic nitrogens is 2.